The van der Waals surface area contributed by atoms with Crippen LogP contribution in [0.2, 0.25) is 10.0 Å². The van der Waals surface area contributed by atoms with Gasteiger partial charge in [-0.25, -0.2) is 0 Å². The Hall–Kier alpha value is -1.77. The van der Waals surface area contributed by atoms with Gasteiger partial charge in [0.1, 0.15) is 5.75 Å². The Morgan fingerprint density at radius 1 is 1.10 bits per heavy atom. The van der Waals surface area contributed by atoms with Crippen LogP contribution >= 0.6 is 23.2 Å². The Morgan fingerprint density at radius 2 is 1.80 bits per heavy atom. The number of carbonyl (C=O) groups is 1. The zero-order valence-corrected chi connectivity index (χ0v) is 12.1. The van der Waals surface area contributed by atoms with Crippen molar-refractivity contribution in [1.82, 2.24) is 0 Å². The summed E-state index contributed by atoms with van der Waals surface area (Å²) in [4.78, 5) is 12.3. The molecule has 0 radical (unpaired) electrons. The lowest BCUT2D eigenvalue weighted by Gasteiger charge is -2.02. The number of rotatable bonds is 1. The van der Waals surface area contributed by atoms with Crippen molar-refractivity contribution in [3.05, 3.63) is 68.9 Å². The number of Topliss-reactive ketones (excluding diaryl/α,β-unsaturated/α-hetero) is 1. The van der Waals surface area contributed by atoms with Crippen molar-refractivity contribution in [3.8, 4) is 5.75 Å². The first-order valence-corrected chi connectivity index (χ1v) is 6.81. The molecule has 0 unspecified atom stereocenters. The number of ether oxygens (including phenoxy) is 1. The predicted molar refractivity (Wildman–Crippen MR) is 80.6 cm³/mol. The maximum atomic E-state index is 12.3. The minimum absolute atomic E-state index is 0.153. The molecular weight excluding hydrogens is 295 g/mol. The van der Waals surface area contributed by atoms with E-state index in [4.69, 9.17) is 27.9 Å². The van der Waals surface area contributed by atoms with E-state index >= 15 is 0 Å². The van der Waals surface area contributed by atoms with Crippen LogP contribution in [0.5, 0.6) is 5.75 Å². The average Bonchev–Trinajstić information content (AvgIpc) is 2.71. The van der Waals surface area contributed by atoms with Crippen LogP contribution in [0.1, 0.15) is 21.5 Å². The molecule has 1 aliphatic heterocycles. The first-order chi connectivity index (χ1) is 9.56. The lowest BCUT2D eigenvalue weighted by atomic mass is 10.1. The molecule has 0 spiro atoms. The molecule has 0 bridgehead atoms. The van der Waals surface area contributed by atoms with E-state index in [9.17, 15) is 4.79 Å². The Bertz CT molecular complexity index is 728. The number of allylic oxidation sites excluding steroid dienone is 1. The van der Waals surface area contributed by atoms with E-state index in [0.29, 0.717) is 26.9 Å². The highest BCUT2D eigenvalue weighted by Gasteiger charge is 2.27. The van der Waals surface area contributed by atoms with E-state index in [1.807, 2.05) is 19.1 Å². The van der Waals surface area contributed by atoms with E-state index in [1.165, 1.54) is 0 Å². The number of hydrogen-bond acceptors (Lipinski definition) is 2. The smallest absolute Gasteiger partial charge is 0.231 e. The SMILES string of the molecule is Cc1ccc2c(c1)C(=O)/C(=C/c1c(Cl)cccc1Cl)O2. The molecule has 0 atom stereocenters. The standard InChI is InChI=1S/C16H10Cl2O2/c1-9-5-6-14-11(7-9)16(19)15(20-14)8-10-12(17)3-2-4-13(10)18/h2-8H,1H3/b15-8-. The first-order valence-electron chi connectivity index (χ1n) is 6.05. The van der Waals surface area contributed by atoms with Gasteiger partial charge in [0.15, 0.2) is 5.76 Å². The molecule has 2 aromatic carbocycles. The number of aryl methyl sites for hydroxylation is 1. The molecule has 2 aromatic rings. The summed E-state index contributed by atoms with van der Waals surface area (Å²) in [6.45, 7) is 1.93. The van der Waals surface area contributed by atoms with Gasteiger partial charge in [-0.1, -0.05) is 40.9 Å². The molecule has 1 aliphatic rings. The molecule has 4 heteroatoms. The molecule has 0 saturated heterocycles. The fourth-order valence-corrected chi connectivity index (χ4v) is 2.59. The fraction of sp³-hybridized carbons (Fsp3) is 0.0625. The van der Waals surface area contributed by atoms with Crippen LogP contribution in [-0.2, 0) is 0 Å². The predicted octanol–water partition coefficient (Wildman–Crippen LogP) is 4.92. The molecule has 0 saturated carbocycles. The summed E-state index contributed by atoms with van der Waals surface area (Å²) in [5, 5.41) is 0.960. The lowest BCUT2D eigenvalue weighted by Crippen LogP contribution is -1.98. The van der Waals surface area contributed by atoms with E-state index in [-0.39, 0.29) is 11.5 Å². The molecule has 3 rings (SSSR count). The second kappa shape index (κ2) is 4.97. The van der Waals surface area contributed by atoms with E-state index in [0.717, 1.165) is 5.56 Å². The van der Waals surface area contributed by atoms with Gasteiger partial charge < -0.3 is 4.74 Å². The van der Waals surface area contributed by atoms with E-state index < -0.39 is 0 Å². The highest BCUT2D eigenvalue weighted by Crippen LogP contribution is 2.34. The van der Waals surface area contributed by atoms with Gasteiger partial charge in [-0.2, -0.15) is 0 Å². The fourth-order valence-electron chi connectivity index (χ4n) is 2.08. The molecule has 1 heterocycles. The second-order valence-electron chi connectivity index (χ2n) is 4.57. The Balaban J connectivity index is 2.06. The molecule has 0 aromatic heterocycles. The molecule has 0 fully saturated rings. The maximum Gasteiger partial charge on any atom is 0.231 e. The third kappa shape index (κ3) is 2.21. The molecule has 100 valence electrons. The van der Waals surface area contributed by atoms with Gasteiger partial charge in [0, 0.05) is 15.6 Å². The van der Waals surface area contributed by atoms with Crippen molar-refractivity contribution in [2.45, 2.75) is 6.92 Å². The normalized spacial score (nSPS) is 15.3. The van der Waals surface area contributed by atoms with Crippen LogP contribution in [-0.4, -0.2) is 5.78 Å². The third-order valence-corrected chi connectivity index (χ3v) is 3.76. The highest BCUT2D eigenvalue weighted by molar-refractivity contribution is 6.37. The van der Waals surface area contributed by atoms with Gasteiger partial charge >= 0.3 is 0 Å². The van der Waals surface area contributed by atoms with Crippen molar-refractivity contribution >= 4 is 35.1 Å². The summed E-state index contributed by atoms with van der Waals surface area (Å²) in [7, 11) is 0. The van der Waals surface area contributed by atoms with E-state index in [1.54, 1.807) is 30.3 Å². The minimum Gasteiger partial charge on any atom is -0.452 e. The minimum atomic E-state index is -0.153. The number of benzene rings is 2. The summed E-state index contributed by atoms with van der Waals surface area (Å²) in [6.07, 6.45) is 1.59. The average molecular weight is 305 g/mol. The number of ketones is 1. The molecule has 0 N–H and O–H groups in total. The quantitative estimate of drug-likeness (QED) is 0.699. The van der Waals surface area contributed by atoms with Gasteiger partial charge in [0.2, 0.25) is 5.78 Å². The Morgan fingerprint density at radius 3 is 2.50 bits per heavy atom. The first kappa shape index (κ1) is 13.2. The molecule has 0 amide bonds. The lowest BCUT2D eigenvalue weighted by molar-refractivity contribution is 0.101. The van der Waals surface area contributed by atoms with Crippen molar-refractivity contribution in [3.63, 3.8) is 0 Å². The molecule has 20 heavy (non-hydrogen) atoms. The summed E-state index contributed by atoms with van der Waals surface area (Å²) < 4.78 is 5.58. The number of fused-ring (bicyclic) bond motifs is 1. The molecule has 2 nitrogen and oxygen atoms in total. The van der Waals surface area contributed by atoms with E-state index in [2.05, 4.69) is 0 Å². The van der Waals surface area contributed by atoms with Crippen LogP contribution in [0, 0.1) is 6.92 Å². The van der Waals surface area contributed by atoms with Crippen LogP contribution in [0.3, 0.4) is 0 Å². The van der Waals surface area contributed by atoms with Gasteiger partial charge in [-0.05, 0) is 37.3 Å². The van der Waals surface area contributed by atoms with Crippen LogP contribution < -0.4 is 4.74 Å². The van der Waals surface area contributed by atoms with Crippen molar-refractivity contribution < 1.29 is 9.53 Å². The highest BCUT2D eigenvalue weighted by atomic mass is 35.5. The summed E-state index contributed by atoms with van der Waals surface area (Å²) in [6, 6.07) is 10.7. The maximum absolute atomic E-state index is 12.3. The van der Waals surface area contributed by atoms with Crippen LogP contribution in [0.25, 0.3) is 6.08 Å². The summed E-state index contributed by atoms with van der Waals surface area (Å²) in [5.41, 5.74) is 2.17. The van der Waals surface area contributed by atoms with Crippen LogP contribution in [0.15, 0.2) is 42.2 Å². The summed E-state index contributed by atoms with van der Waals surface area (Å²) in [5.74, 6) is 0.648. The summed E-state index contributed by atoms with van der Waals surface area (Å²) >= 11 is 12.2. The van der Waals surface area contributed by atoms with Gasteiger partial charge in [-0.15, -0.1) is 0 Å². The van der Waals surface area contributed by atoms with Crippen LogP contribution in [0.4, 0.5) is 0 Å². The van der Waals surface area contributed by atoms with Gasteiger partial charge in [0.25, 0.3) is 0 Å². The molecular formula is C16H10Cl2O2. The topological polar surface area (TPSA) is 26.3 Å². The van der Waals surface area contributed by atoms with Crippen molar-refractivity contribution in [1.29, 1.82) is 0 Å². The zero-order valence-electron chi connectivity index (χ0n) is 10.6. The Labute approximate surface area is 126 Å². The number of carbonyl (C=O) groups excluding carboxylic acids is 1. The van der Waals surface area contributed by atoms with Crippen molar-refractivity contribution in [2.75, 3.05) is 0 Å². The number of hydrogen-bond donors (Lipinski definition) is 0. The van der Waals surface area contributed by atoms with Gasteiger partial charge in [0.05, 0.1) is 5.56 Å². The second-order valence-corrected chi connectivity index (χ2v) is 5.39. The monoisotopic (exact) mass is 304 g/mol. The number of halogens is 2. The molecule has 0 aliphatic carbocycles. The zero-order chi connectivity index (χ0) is 14.3. The van der Waals surface area contributed by atoms with Crippen molar-refractivity contribution in [2.24, 2.45) is 0 Å². The Kier molecular flexibility index (Phi) is 3.28. The van der Waals surface area contributed by atoms with Gasteiger partial charge in [-0.3, -0.25) is 4.79 Å². The third-order valence-electron chi connectivity index (χ3n) is 3.10. The largest absolute Gasteiger partial charge is 0.452 e.